The monoisotopic (exact) mass is 281 g/mol. The maximum absolute atomic E-state index is 13.2. The maximum atomic E-state index is 13.2. The van der Waals surface area contributed by atoms with Crippen molar-refractivity contribution in [3.63, 3.8) is 0 Å². The van der Waals surface area contributed by atoms with E-state index in [0.717, 1.165) is 19.4 Å². The lowest BCUT2D eigenvalue weighted by molar-refractivity contribution is 0.363. The molecule has 0 amide bonds. The van der Waals surface area contributed by atoms with Crippen LogP contribution in [0.4, 0.5) is 4.39 Å². The molecular formula is C13H13ClFN3O. The average Bonchev–Trinajstić information content (AvgIpc) is 2.39. The van der Waals surface area contributed by atoms with E-state index in [4.69, 9.17) is 11.6 Å². The summed E-state index contributed by atoms with van der Waals surface area (Å²) in [6.45, 7) is 1.66. The molecule has 1 fully saturated rings. The molecule has 100 valence electrons. The predicted molar refractivity (Wildman–Crippen MR) is 72.1 cm³/mol. The molecule has 0 radical (unpaired) electrons. The summed E-state index contributed by atoms with van der Waals surface area (Å²) in [5.41, 5.74) is 0.0960. The average molecular weight is 282 g/mol. The van der Waals surface area contributed by atoms with E-state index in [1.54, 1.807) is 0 Å². The molecule has 6 heteroatoms. The highest BCUT2D eigenvalue weighted by Crippen LogP contribution is 2.21. The van der Waals surface area contributed by atoms with Crippen molar-refractivity contribution in [3.8, 4) is 0 Å². The molecule has 1 aliphatic rings. The van der Waals surface area contributed by atoms with Gasteiger partial charge in [-0.25, -0.2) is 9.37 Å². The number of halogens is 2. The number of hydrogen-bond donors (Lipinski definition) is 1. The van der Waals surface area contributed by atoms with Crippen LogP contribution in [-0.4, -0.2) is 22.6 Å². The smallest absolute Gasteiger partial charge is 0.262 e. The van der Waals surface area contributed by atoms with Crippen molar-refractivity contribution < 1.29 is 4.39 Å². The second-order valence-electron chi connectivity index (χ2n) is 4.72. The van der Waals surface area contributed by atoms with Crippen LogP contribution in [0.25, 0.3) is 10.9 Å². The van der Waals surface area contributed by atoms with E-state index >= 15 is 0 Å². The zero-order valence-electron chi connectivity index (χ0n) is 10.2. The van der Waals surface area contributed by atoms with E-state index in [1.165, 1.54) is 22.8 Å². The van der Waals surface area contributed by atoms with Gasteiger partial charge in [0.25, 0.3) is 5.56 Å². The molecule has 2 aromatic rings. The van der Waals surface area contributed by atoms with Gasteiger partial charge in [0.05, 0.1) is 16.9 Å². The number of aromatic nitrogens is 2. The van der Waals surface area contributed by atoms with Crippen molar-refractivity contribution in [1.82, 2.24) is 14.9 Å². The molecule has 3 rings (SSSR count). The van der Waals surface area contributed by atoms with Gasteiger partial charge in [-0.2, -0.15) is 0 Å². The third kappa shape index (κ3) is 2.24. The van der Waals surface area contributed by atoms with Gasteiger partial charge < -0.3 is 5.32 Å². The minimum atomic E-state index is -0.424. The Balaban J connectivity index is 2.19. The van der Waals surface area contributed by atoms with Crippen molar-refractivity contribution >= 4 is 22.5 Å². The summed E-state index contributed by atoms with van der Waals surface area (Å²) in [7, 11) is 0. The summed E-state index contributed by atoms with van der Waals surface area (Å²) in [5.74, 6) is -0.424. The van der Waals surface area contributed by atoms with Crippen LogP contribution in [-0.2, 0) is 0 Å². The molecule has 0 bridgehead atoms. The van der Waals surface area contributed by atoms with Crippen LogP contribution in [0.5, 0.6) is 0 Å². The van der Waals surface area contributed by atoms with Crippen molar-refractivity contribution in [2.45, 2.75) is 18.9 Å². The van der Waals surface area contributed by atoms with Gasteiger partial charge >= 0.3 is 0 Å². The number of nitrogens with one attached hydrogen (secondary N) is 1. The molecule has 19 heavy (non-hydrogen) atoms. The lowest BCUT2D eigenvalue weighted by Gasteiger charge is -2.25. The van der Waals surface area contributed by atoms with Crippen LogP contribution >= 0.6 is 11.6 Å². The number of benzene rings is 1. The van der Waals surface area contributed by atoms with Crippen molar-refractivity contribution in [2.75, 3.05) is 13.1 Å². The van der Waals surface area contributed by atoms with Crippen LogP contribution in [0.1, 0.15) is 18.9 Å². The standard InChI is InChI=1S/C13H13ClFN3O/c14-13-17-11-6-8(15)3-4-10(11)12(19)18(13)9-2-1-5-16-7-9/h3-4,6,9,16H,1-2,5,7H2. The van der Waals surface area contributed by atoms with Gasteiger partial charge in [-0.15, -0.1) is 0 Å². The Bertz CT molecular complexity index is 679. The first kappa shape index (κ1) is 12.6. The Hall–Kier alpha value is -1.46. The molecule has 0 aliphatic carbocycles. The van der Waals surface area contributed by atoms with E-state index in [0.29, 0.717) is 17.4 Å². The summed E-state index contributed by atoms with van der Waals surface area (Å²) >= 11 is 6.10. The minimum Gasteiger partial charge on any atom is -0.315 e. The van der Waals surface area contributed by atoms with Gasteiger partial charge in [0.15, 0.2) is 0 Å². The molecular weight excluding hydrogens is 269 g/mol. The molecule has 1 unspecified atom stereocenters. The van der Waals surface area contributed by atoms with Gasteiger partial charge in [0.1, 0.15) is 5.82 Å². The fourth-order valence-electron chi connectivity index (χ4n) is 2.52. The summed E-state index contributed by atoms with van der Waals surface area (Å²) in [6.07, 6.45) is 1.88. The predicted octanol–water partition coefficient (Wildman–Crippen LogP) is 2.11. The first-order valence-corrected chi connectivity index (χ1v) is 6.62. The molecule has 0 saturated carbocycles. The summed E-state index contributed by atoms with van der Waals surface area (Å²) in [4.78, 5) is 16.6. The highest BCUT2D eigenvalue weighted by atomic mass is 35.5. The van der Waals surface area contributed by atoms with Gasteiger partial charge in [0.2, 0.25) is 5.28 Å². The lowest BCUT2D eigenvalue weighted by Crippen LogP contribution is -2.37. The van der Waals surface area contributed by atoms with Crippen molar-refractivity contribution in [1.29, 1.82) is 0 Å². The molecule has 1 saturated heterocycles. The second-order valence-corrected chi connectivity index (χ2v) is 5.06. The molecule has 1 N–H and O–H groups in total. The normalized spacial score (nSPS) is 19.8. The van der Waals surface area contributed by atoms with E-state index < -0.39 is 5.82 Å². The number of fused-ring (bicyclic) bond motifs is 1. The fraction of sp³-hybridized carbons (Fsp3) is 0.385. The molecule has 1 aliphatic heterocycles. The van der Waals surface area contributed by atoms with Crippen LogP contribution in [0, 0.1) is 5.82 Å². The number of nitrogens with zero attached hydrogens (tertiary/aromatic N) is 2. The van der Waals surface area contributed by atoms with Crippen LogP contribution < -0.4 is 10.9 Å². The Kier molecular flexibility index (Phi) is 3.24. The molecule has 4 nitrogen and oxygen atoms in total. The van der Waals surface area contributed by atoms with Crippen LogP contribution in [0.3, 0.4) is 0 Å². The van der Waals surface area contributed by atoms with E-state index in [9.17, 15) is 9.18 Å². The first-order chi connectivity index (χ1) is 9.16. The molecule has 1 aromatic carbocycles. The van der Waals surface area contributed by atoms with Gasteiger partial charge in [-0.05, 0) is 43.1 Å². The van der Waals surface area contributed by atoms with Crippen LogP contribution in [0.2, 0.25) is 5.28 Å². The molecule has 1 atom stereocenters. The number of hydrogen-bond acceptors (Lipinski definition) is 3. The third-order valence-corrected chi connectivity index (χ3v) is 3.72. The SMILES string of the molecule is O=c1c2ccc(F)cc2nc(Cl)n1C1CCCNC1. The minimum absolute atomic E-state index is 0.00991. The van der Waals surface area contributed by atoms with E-state index in [1.807, 2.05) is 0 Å². The first-order valence-electron chi connectivity index (χ1n) is 6.25. The van der Waals surface area contributed by atoms with Crippen LogP contribution in [0.15, 0.2) is 23.0 Å². The lowest BCUT2D eigenvalue weighted by atomic mass is 10.1. The summed E-state index contributed by atoms with van der Waals surface area (Å²) in [6, 6.07) is 3.97. The largest absolute Gasteiger partial charge is 0.315 e. The number of piperidine rings is 1. The maximum Gasteiger partial charge on any atom is 0.262 e. The van der Waals surface area contributed by atoms with Gasteiger partial charge in [0, 0.05) is 12.6 Å². The Morgan fingerprint density at radius 1 is 1.47 bits per heavy atom. The molecule has 1 aromatic heterocycles. The zero-order valence-corrected chi connectivity index (χ0v) is 11.0. The highest BCUT2D eigenvalue weighted by molar-refractivity contribution is 6.28. The third-order valence-electron chi connectivity index (χ3n) is 3.46. The van der Waals surface area contributed by atoms with Gasteiger partial charge in [-0.1, -0.05) is 0 Å². The quantitative estimate of drug-likeness (QED) is 0.815. The van der Waals surface area contributed by atoms with E-state index in [-0.39, 0.29) is 16.9 Å². The Labute approximate surface area is 114 Å². The zero-order chi connectivity index (χ0) is 13.4. The van der Waals surface area contributed by atoms with Crippen molar-refractivity contribution in [2.24, 2.45) is 0 Å². The Morgan fingerprint density at radius 3 is 3.05 bits per heavy atom. The topological polar surface area (TPSA) is 46.9 Å². The molecule has 2 heterocycles. The van der Waals surface area contributed by atoms with Gasteiger partial charge in [-0.3, -0.25) is 9.36 Å². The second kappa shape index (κ2) is 4.90. The fourth-order valence-corrected chi connectivity index (χ4v) is 2.82. The summed E-state index contributed by atoms with van der Waals surface area (Å²) in [5, 5.41) is 3.76. The molecule has 0 spiro atoms. The summed E-state index contributed by atoms with van der Waals surface area (Å²) < 4.78 is 14.7. The highest BCUT2D eigenvalue weighted by Gasteiger charge is 2.20. The number of rotatable bonds is 1. The Morgan fingerprint density at radius 2 is 2.32 bits per heavy atom. The van der Waals surface area contributed by atoms with Crippen molar-refractivity contribution in [3.05, 3.63) is 39.7 Å². The van der Waals surface area contributed by atoms with E-state index in [2.05, 4.69) is 10.3 Å².